The van der Waals surface area contributed by atoms with Crippen LogP contribution < -0.4 is 5.32 Å². The number of hydrogen-bond acceptors (Lipinski definition) is 3. The lowest BCUT2D eigenvalue weighted by atomic mass is 10.2. The van der Waals surface area contributed by atoms with Gasteiger partial charge in [0.05, 0.1) is 6.04 Å². The second-order valence-corrected chi connectivity index (χ2v) is 5.03. The number of benzene rings is 1. The summed E-state index contributed by atoms with van der Waals surface area (Å²) in [5.74, 6) is 0. The molecule has 2 rings (SSSR count). The molecule has 0 aliphatic heterocycles. The Bertz CT molecular complexity index is 468. The van der Waals surface area contributed by atoms with E-state index in [1.807, 2.05) is 36.7 Å². The first-order valence-corrected chi connectivity index (χ1v) is 6.34. The number of thiazole rings is 1. The average molecular weight is 253 g/mol. The molecular weight excluding hydrogens is 240 g/mol. The van der Waals surface area contributed by atoms with Gasteiger partial charge in [-0.2, -0.15) is 0 Å². The van der Waals surface area contributed by atoms with E-state index in [1.165, 1.54) is 0 Å². The molecule has 0 saturated heterocycles. The van der Waals surface area contributed by atoms with Gasteiger partial charge in [0, 0.05) is 22.3 Å². The Balaban J connectivity index is 2.12. The summed E-state index contributed by atoms with van der Waals surface area (Å²) in [6, 6.07) is 6.20. The standard InChI is InChI=1S/C12H13ClN2S/c1-8-3-4-10(7-11(8)13)15-9(2)12-14-5-6-16-12/h3-7,9,15H,1-2H3. The van der Waals surface area contributed by atoms with Crippen molar-refractivity contribution in [2.24, 2.45) is 0 Å². The smallest absolute Gasteiger partial charge is 0.115 e. The molecule has 1 N–H and O–H groups in total. The van der Waals surface area contributed by atoms with Gasteiger partial charge in [-0.25, -0.2) is 4.98 Å². The summed E-state index contributed by atoms with van der Waals surface area (Å²) in [5, 5.41) is 7.23. The molecule has 0 fully saturated rings. The van der Waals surface area contributed by atoms with Crippen LogP contribution in [-0.4, -0.2) is 4.98 Å². The van der Waals surface area contributed by atoms with Gasteiger partial charge in [-0.3, -0.25) is 0 Å². The van der Waals surface area contributed by atoms with Gasteiger partial charge < -0.3 is 5.32 Å². The van der Waals surface area contributed by atoms with Crippen molar-refractivity contribution in [2.75, 3.05) is 5.32 Å². The number of halogens is 1. The van der Waals surface area contributed by atoms with Crippen LogP contribution in [0.3, 0.4) is 0 Å². The molecule has 0 bridgehead atoms. The van der Waals surface area contributed by atoms with Crippen molar-refractivity contribution in [3.05, 3.63) is 45.4 Å². The largest absolute Gasteiger partial charge is 0.376 e. The lowest BCUT2D eigenvalue weighted by Gasteiger charge is -2.13. The van der Waals surface area contributed by atoms with E-state index < -0.39 is 0 Å². The van der Waals surface area contributed by atoms with Crippen LogP contribution in [0.5, 0.6) is 0 Å². The molecule has 0 radical (unpaired) electrons. The van der Waals surface area contributed by atoms with Gasteiger partial charge in [0.15, 0.2) is 0 Å². The molecule has 1 atom stereocenters. The third kappa shape index (κ3) is 2.54. The van der Waals surface area contributed by atoms with Crippen molar-refractivity contribution >= 4 is 28.6 Å². The Morgan fingerprint density at radius 3 is 2.88 bits per heavy atom. The van der Waals surface area contributed by atoms with Gasteiger partial charge in [-0.1, -0.05) is 17.7 Å². The fourth-order valence-corrected chi connectivity index (χ4v) is 2.27. The maximum atomic E-state index is 6.07. The van der Waals surface area contributed by atoms with Crippen LogP contribution in [-0.2, 0) is 0 Å². The van der Waals surface area contributed by atoms with E-state index in [2.05, 4.69) is 17.2 Å². The minimum Gasteiger partial charge on any atom is -0.376 e. The minimum atomic E-state index is 0.207. The van der Waals surface area contributed by atoms with Gasteiger partial charge in [-0.15, -0.1) is 11.3 Å². The number of aromatic nitrogens is 1. The van der Waals surface area contributed by atoms with E-state index in [1.54, 1.807) is 11.3 Å². The van der Waals surface area contributed by atoms with Crippen molar-refractivity contribution < 1.29 is 0 Å². The number of hydrogen-bond donors (Lipinski definition) is 1. The molecule has 1 unspecified atom stereocenters. The third-order valence-electron chi connectivity index (χ3n) is 2.38. The molecule has 1 heterocycles. The average Bonchev–Trinajstić information content (AvgIpc) is 2.77. The SMILES string of the molecule is Cc1ccc(NC(C)c2nccs2)cc1Cl. The van der Waals surface area contributed by atoms with Crippen LogP contribution in [0.25, 0.3) is 0 Å². The highest BCUT2D eigenvalue weighted by Gasteiger charge is 2.07. The number of nitrogens with one attached hydrogen (secondary N) is 1. The zero-order chi connectivity index (χ0) is 11.5. The Hall–Kier alpha value is -1.06. The van der Waals surface area contributed by atoms with Gasteiger partial charge in [0.2, 0.25) is 0 Å². The number of anilines is 1. The first-order valence-electron chi connectivity index (χ1n) is 5.09. The van der Waals surface area contributed by atoms with Crippen LogP contribution in [0.4, 0.5) is 5.69 Å². The van der Waals surface area contributed by atoms with E-state index in [-0.39, 0.29) is 6.04 Å². The predicted octanol–water partition coefficient (Wildman–Crippen LogP) is 4.28. The lowest BCUT2D eigenvalue weighted by Crippen LogP contribution is -2.05. The summed E-state index contributed by atoms with van der Waals surface area (Å²) in [4.78, 5) is 4.28. The van der Waals surface area contributed by atoms with Crippen molar-refractivity contribution in [3.63, 3.8) is 0 Å². The van der Waals surface area contributed by atoms with E-state index in [0.717, 1.165) is 21.3 Å². The first-order chi connectivity index (χ1) is 7.66. The number of rotatable bonds is 3. The fraction of sp³-hybridized carbons (Fsp3) is 0.250. The van der Waals surface area contributed by atoms with Gasteiger partial charge in [0.25, 0.3) is 0 Å². The summed E-state index contributed by atoms with van der Waals surface area (Å²) < 4.78 is 0. The monoisotopic (exact) mass is 252 g/mol. The molecule has 0 spiro atoms. The highest BCUT2D eigenvalue weighted by Crippen LogP contribution is 2.24. The predicted molar refractivity (Wildman–Crippen MR) is 70.3 cm³/mol. The zero-order valence-corrected chi connectivity index (χ0v) is 10.8. The summed E-state index contributed by atoms with van der Waals surface area (Å²) in [5.41, 5.74) is 2.12. The highest BCUT2D eigenvalue weighted by molar-refractivity contribution is 7.09. The van der Waals surface area contributed by atoms with Crippen molar-refractivity contribution in [3.8, 4) is 0 Å². The topological polar surface area (TPSA) is 24.9 Å². The quantitative estimate of drug-likeness (QED) is 0.882. The van der Waals surface area contributed by atoms with E-state index in [9.17, 15) is 0 Å². The molecule has 16 heavy (non-hydrogen) atoms. The Morgan fingerprint density at radius 1 is 1.44 bits per heavy atom. The van der Waals surface area contributed by atoms with E-state index >= 15 is 0 Å². The third-order valence-corrected chi connectivity index (χ3v) is 3.74. The van der Waals surface area contributed by atoms with Crippen LogP contribution in [0.2, 0.25) is 5.02 Å². The molecule has 4 heteroatoms. The molecule has 1 aromatic carbocycles. The Labute approximate surface area is 104 Å². The van der Waals surface area contributed by atoms with E-state index in [4.69, 9.17) is 11.6 Å². The van der Waals surface area contributed by atoms with Crippen LogP contribution >= 0.6 is 22.9 Å². The van der Waals surface area contributed by atoms with Crippen molar-refractivity contribution in [1.82, 2.24) is 4.98 Å². The normalized spacial score (nSPS) is 12.4. The molecule has 1 aromatic heterocycles. The maximum absolute atomic E-state index is 6.07. The fourth-order valence-electron chi connectivity index (χ4n) is 1.44. The summed E-state index contributed by atoms with van der Waals surface area (Å²) in [6.45, 7) is 4.09. The Morgan fingerprint density at radius 2 is 2.25 bits per heavy atom. The maximum Gasteiger partial charge on any atom is 0.115 e. The summed E-state index contributed by atoms with van der Waals surface area (Å²) in [6.07, 6.45) is 1.82. The summed E-state index contributed by atoms with van der Waals surface area (Å²) >= 11 is 7.72. The minimum absolute atomic E-state index is 0.207. The Kier molecular flexibility index (Phi) is 3.46. The molecule has 0 saturated carbocycles. The molecule has 84 valence electrons. The van der Waals surface area contributed by atoms with Crippen molar-refractivity contribution in [1.29, 1.82) is 0 Å². The van der Waals surface area contributed by atoms with Gasteiger partial charge >= 0.3 is 0 Å². The van der Waals surface area contributed by atoms with Gasteiger partial charge in [0.1, 0.15) is 5.01 Å². The second kappa shape index (κ2) is 4.85. The van der Waals surface area contributed by atoms with Crippen LogP contribution in [0, 0.1) is 6.92 Å². The second-order valence-electron chi connectivity index (χ2n) is 3.70. The van der Waals surface area contributed by atoms with Gasteiger partial charge in [-0.05, 0) is 31.5 Å². The molecule has 0 aliphatic carbocycles. The van der Waals surface area contributed by atoms with Crippen LogP contribution in [0.15, 0.2) is 29.8 Å². The van der Waals surface area contributed by atoms with Crippen molar-refractivity contribution in [2.45, 2.75) is 19.9 Å². The lowest BCUT2D eigenvalue weighted by molar-refractivity contribution is 0.870. The first kappa shape index (κ1) is 11.4. The zero-order valence-electron chi connectivity index (χ0n) is 9.20. The highest BCUT2D eigenvalue weighted by atomic mass is 35.5. The number of aryl methyl sites for hydroxylation is 1. The number of nitrogens with zero attached hydrogens (tertiary/aromatic N) is 1. The molecule has 0 amide bonds. The molecule has 2 aromatic rings. The molecular formula is C12H13ClN2S. The van der Waals surface area contributed by atoms with E-state index in [0.29, 0.717) is 0 Å². The van der Waals surface area contributed by atoms with Crippen LogP contribution in [0.1, 0.15) is 23.5 Å². The molecule has 0 aliphatic rings. The summed E-state index contributed by atoms with van der Waals surface area (Å²) in [7, 11) is 0. The molecule has 2 nitrogen and oxygen atoms in total.